The molecule has 1 aromatic rings. The summed E-state index contributed by atoms with van der Waals surface area (Å²) in [6.45, 7) is 13.3. The molecule has 1 aromatic heterocycles. The Hall–Kier alpha value is -1.09. The fourth-order valence-corrected chi connectivity index (χ4v) is 2.81. The Morgan fingerprint density at radius 1 is 1.37 bits per heavy atom. The van der Waals surface area contributed by atoms with E-state index in [-0.39, 0.29) is 0 Å². The maximum Gasteiger partial charge on any atom is 0.0608 e. The first-order chi connectivity index (χ1) is 9.06. The van der Waals surface area contributed by atoms with Gasteiger partial charge in [-0.2, -0.15) is 0 Å². The molecule has 106 valence electrons. The monoisotopic (exact) mass is 261 g/mol. The average molecular weight is 261 g/mol. The molecule has 1 atom stereocenters. The summed E-state index contributed by atoms with van der Waals surface area (Å²) in [7, 11) is 0. The van der Waals surface area contributed by atoms with E-state index in [2.05, 4.69) is 55.0 Å². The van der Waals surface area contributed by atoms with Crippen molar-refractivity contribution in [1.29, 1.82) is 0 Å². The molecule has 1 saturated heterocycles. The maximum atomic E-state index is 4.57. The van der Waals surface area contributed by atoms with Gasteiger partial charge < -0.3 is 10.2 Å². The molecule has 2 heterocycles. The summed E-state index contributed by atoms with van der Waals surface area (Å²) in [6.07, 6.45) is 1.29. The molecule has 0 spiro atoms. The molecule has 0 amide bonds. The summed E-state index contributed by atoms with van der Waals surface area (Å²) in [6, 6.07) is 4.34. The van der Waals surface area contributed by atoms with Gasteiger partial charge in [-0.05, 0) is 57.3 Å². The van der Waals surface area contributed by atoms with E-state index in [4.69, 9.17) is 0 Å². The van der Waals surface area contributed by atoms with Crippen molar-refractivity contribution < 1.29 is 0 Å². The lowest BCUT2D eigenvalue weighted by molar-refractivity contribution is 0.477. The molecule has 1 aliphatic heterocycles. The maximum absolute atomic E-state index is 4.57. The van der Waals surface area contributed by atoms with Crippen LogP contribution in [0.4, 0.5) is 5.69 Å². The van der Waals surface area contributed by atoms with Crippen LogP contribution in [-0.2, 0) is 0 Å². The molecule has 0 bridgehead atoms. The Bertz CT molecular complexity index is 414. The van der Waals surface area contributed by atoms with Gasteiger partial charge in [0.15, 0.2) is 0 Å². The van der Waals surface area contributed by atoms with Crippen LogP contribution in [0, 0.1) is 25.7 Å². The molecule has 2 rings (SSSR count). The van der Waals surface area contributed by atoms with Gasteiger partial charge in [0.25, 0.3) is 0 Å². The number of aromatic nitrogens is 1. The number of rotatable bonds is 5. The highest BCUT2D eigenvalue weighted by atomic mass is 15.2. The number of nitrogens with zero attached hydrogens (tertiary/aromatic N) is 2. The Labute approximate surface area is 117 Å². The zero-order valence-electron chi connectivity index (χ0n) is 12.7. The first kappa shape index (κ1) is 14.3. The molecule has 0 radical (unpaired) electrons. The molecule has 1 unspecified atom stereocenters. The minimum absolute atomic E-state index is 0.737. The van der Waals surface area contributed by atoms with Gasteiger partial charge in [-0.25, -0.2) is 0 Å². The Morgan fingerprint density at radius 2 is 2.16 bits per heavy atom. The van der Waals surface area contributed by atoms with Crippen LogP contribution in [0.1, 0.15) is 31.7 Å². The quantitative estimate of drug-likeness (QED) is 0.883. The molecular formula is C16H27N3. The highest BCUT2D eigenvalue weighted by molar-refractivity contribution is 5.51. The normalized spacial score (nSPS) is 19.4. The van der Waals surface area contributed by atoms with Gasteiger partial charge in [0.1, 0.15) is 0 Å². The summed E-state index contributed by atoms with van der Waals surface area (Å²) < 4.78 is 0. The summed E-state index contributed by atoms with van der Waals surface area (Å²) in [5, 5.41) is 3.58. The van der Waals surface area contributed by atoms with Crippen LogP contribution >= 0.6 is 0 Å². The van der Waals surface area contributed by atoms with Crippen LogP contribution in [0.3, 0.4) is 0 Å². The van der Waals surface area contributed by atoms with Crippen molar-refractivity contribution >= 4 is 5.69 Å². The summed E-state index contributed by atoms with van der Waals surface area (Å²) >= 11 is 0. The largest absolute Gasteiger partial charge is 0.370 e. The number of anilines is 1. The van der Waals surface area contributed by atoms with Crippen LogP contribution in [0.5, 0.6) is 0 Å². The van der Waals surface area contributed by atoms with Gasteiger partial charge in [0.2, 0.25) is 0 Å². The number of hydrogen-bond donors (Lipinski definition) is 1. The molecule has 3 heteroatoms. The van der Waals surface area contributed by atoms with Crippen molar-refractivity contribution in [2.45, 2.75) is 34.1 Å². The van der Waals surface area contributed by atoms with Crippen LogP contribution in [0.25, 0.3) is 0 Å². The summed E-state index contributed by atoms with van der Waals surface area (Å²) in [5.74, 6) is 1.51. The minimum atomic E-state index is 0.737. The lowest BCUT2D eigenvalue weighted by Crippen LogP contribution is -2.29. The van der Waals surface area contributed by atoms with Crippen LogP contribution < -0.4 is 10.2 Å². The highest BCUT2D eigenvalue weighted by Crippen LogP contribution is 2.25. The van der Waals surface area contributed by atoms with Crippen LogP contribution in [0.2, 0.25) is 0 Å². The molecule has 1 fully saturated rings. The fraction of sp³-hybridized carbons (Fsp3) is 0.688. The van der Waals surface area contributed by atoms with Crippen molar-refractivity contribution in [3.63, 3.8) is 0 Å². The zero-order valence-corrected chi connectivity index (χ0v) is 12.7. The first-order valence-corrected chi connectivity index (χ1v) is 7.46. The molecule has 19 heavy (non-hydrogen) atoms. The van der Waals surface area contributed by atoms with Crippen LogP contribution in [-0.4, -0.2) is 31.2 Å². The SMILES string of the molecule is Cc1ccc(N2CCC(CNCC(C)C)C2)c(C)n1. The van der Waals surface area contributed by atoms with E-state index in [9.17, 15) is 0 Å². The van der Waals surface area contributed by atoms with Crippen molar-refractivity contribution in [2.24, 2.45) is 11.8 Å². The third-order valence-electron chi connectivity index (χ3n) is 3.81. The van der Waals surface area contributed by atoms with Gasteiger partial charge in [-0.1, -0.05) is 13.8 Å². The molecule has 1 N–H and O–H groups in total. The van der Waals surface area contributed by atoms with Gasteiger partial charge in [-0.15, -0.1) is 0 Å². The van der Waals surface area contributed by atoms with E-state index in [0.29, 0.717) is 0 Å². The summed E-state index contributed by atoms with van der Waals surface area (Å²) in [5.41, 5.74) is 3.59. The van der Waals surface area contributed by atoms with Crippen molar-refractivity contribution in [1.82, 2.24) is 10.3 Å². The molecule has 0 saturated carbocycles. The number of nitrogens with one attached hydrogen (secondary N) is 1. The third kappa shape index (κ3) is 3.93. The first-order valence-electron chi connectivity index (χ1n) is 7.46. The Balaban J connectivity index is 1.87. The molecule has 1 aliphatic rings. The Morgan fingerprint density at radius 3 is 2.84 bits per heavy atom. The smallest absolute Gasteiger partial charge is 0.0608 e. The van der Waals surface area contributed by atoms with Crippen LogP contribution in [0.15, 0.2) is 12.1 Å². The van der Waals surface area contributed by atoms with Gasteiger partial charge in [0, 0.05) is 18.8 Å². The average Bonchev–Trinajstić information content (AvgIpc) is 2.77. The Kier molecular flexibility index (Phi) is 4.81. The van der Waals surface area contributed by atoms with Crippen molar-refractivity contribution in [3.05, 3.63) is 23.5 Å². The van der Waals surface area contributed by atoms with Gasteiger partial charge >= 0.3 is 0 Å². The number of aryl methyl sites for hydroxylation is 2. The minimum Gasteiger partial charge on any atom is -0.370 e. The van der Waals surface area contributed by atoms with E-state index in [1.54, 1.807) is 0 Å². The van der Waals surface area contributed by atoms with E-state index in [1.807, 2.05) is 0 Å². The van der Waals surface area contributed by atoms with Crippen molar-refractivity contribution in [3.8, 4) is 0 Å². The summed E-state index contributed by atoms with van der Waals surface area (Å²) in [4.78, 5) is 7.06. The fourth-order valence-electron chi connectivity index (χ4n) is 2.81. The van der Waals surface area contributed by atoms with Crippen molar-refractivity contribution in [2.75, 3.05) is 31.1 Å². The third-order valence-corrected chi connectivity index (χ3v) is 3.81. The van der Waals surface area contributed by atoms with E-state index in [1.165, 1.54) is 18.7 Å². The van der Waals surface area contributed by atoms with E-state index < -0.39 is 0 Å². The lowest BCUT2D eigenvalue weighted by atomic mass is 10.1. The van der Waals surface area contributed by atoms with E-state index >= 15 is 0 Å². The lowest BCUT2D eigenvalue weighted by Gasteiger charge is -2.21. The predicted octanol–water partition coefficient (Wildman–Crippen LogP) is 2.77. The highest BCUT2D eigenvalue weighted by Gasteiger charge is 2.23. The second-order valence-corrected chi connectivity index (χ2v) is 6.21. The second-order valence-electron chi connectivity index (χ2n) is 6.21. The zero-order chi connectivity index (χ0) is 13.8. The molecule has 0 aromatic carbocycles. The topological polar surface area (TPSA) is 28.2 Å². The van der Waals surface area contributed by atoms with Gasteiger partial charge in [-0.3, -0.25) is 4.98 Å². The number of hydrogen-bond acceptors (Lipinski definition) is 3. The number of pyridine rings is 1. The molecule has 0 aliphatic carbocycles. The van der Waals surface area contributed by atoms with Gasteiger partial charge in [0.05, 0.1) is 11.4 Å². The molecule has 3 nitrogen and oxygen atoms in total. The standard InChI is InChI=1S/C16H27N3/c1-12(2)9-17-10-15-7-8-19(11-15)16-6-5-13(3)18-14(16)4/h5-6,12,15,17H,7-11H2,1-4H3. The predicted molar refractivity (Wildman–Crippen MR) is 81.7 cm³/mol. The molecular weight excluding hydrogens is 234 g/mol. The van der Waals surface area contributed by atoms with E-state index in [0.717, 1.165) is 42.9 Å². The second kappa shape index (κ2) is 6.38.